The first-order chi connectivity index (χ1) is 7.70. The van der Waals surface area contributed by atoms with Gasteiger partial charge in [0.1, 0.15) is 0 Å². The third-order valence-electron chi connectivity index (χ3n) is 2.00. The van der Waals surface area contributed by atoms with Gasteiger partial charge in [-0.3, -0.25) is 9.59 Å². The fraction of sp³-hybridized carbons (Fsp3) is 0.800. The number of hydrogen-bond donors (Lipinski definition) is 0. The van der Waals surface area contributed by atoms with E-state index in [1.165, 1.54) is 0 Å². The van der Waals surface area contributed by atoms with Gasteiger partial charge >= 0.3 is 11.9 Å². The summed E-state index contributed by atoms with van der Waals surface area (Å²) in [6.07, 6.45) is -0.891. The molecule has 0 aromatic heterocycles. The largest absolute Gasteiger partial charge is 0.465 e. The summed E-state index contributed by atoms with van der Waals surface area (Å²) in [7, 11) is 0. The Bertz CT molecular complexity index is 228. The van der Waals surface area contributed by atoms with Crippen molar-refractivity contribution in [1.82, 2.24) is 0 Å². The third kappa shape index (κ3) is 3.18. The molecule has 0 N–H and O–H groups in total. The molecule has 16 heavy (non-hydrogen) atoms. The maximum atomic E-state index is 11.6. The molecule has 0 aliphatic carbocycles. The summed E-state index contributed by atoms with van der Waals surface area (Å²) >= 11 is 0. The lowest BCUT2D eigenvalue weighted by Gasteiger charge is -2.18. The number of esters is 2. The van der Waals surface area contributed by atoms with E-state index in [9.17, 15) is 9.59 Å². The van der Waals surface area contributed by atoms with Gasteiger partial charge < -0.3 is 18.9 Å². The highest BCUT2D eigenvalue weighted by molar-refractivity contribution is 5.95. The Kier molecular flexibility index (Phi) is 5.21. The van der Waals surface area contributed by atoms with Crippen LogP contribution in [0, 0.1) is 5.92 Å². The molecular weight excluding hydrogens is 216 g/mol. The lowest BCUT2D eigenvalue weighted by molar-refractivity contribution is -0.179. The number of carbonyl (C=O) groups is 2. The molecule has 1 fully saturated rings. The van der Waals surface area contributed by atoms with Crippen molar-refractivity contribution in [3.8, 4) is 0 Å². The quantitative estimate of drug-likeness (QED) is 0.494. The number of ether oxygens (including phenoxy) is 4. The van der Waals surface area contributed by atoms with Crippen molar-refractivity contribution in [2.75, 3.05) is 26.4 Å². The molecular formula is C10H16O6. The summed E-state index contributed by atoms with van der Waals surface area (Å²) in [4.78, 5) is 23.1. The van der Waals surface area contributed by atoms with Gasteiger partial charge in [0.15, 0.2) is 6.29 Å². The number of rotatable bonds is 5. The van der Waals surface area contributed by atoms with Crippen LogP contribution in [0.5, 0.6) is 0 Å². The van der Waals surface area contributed by atoms with Crippen molar-refractivity contribution in [2.24, 2.45) is 5.92 Å². The Morgan fingerprint density at radius 2 is 1.56 bits per heavy atom. The van der Waals surface area contributed by atoms with Crippen LogP contribution in [0.4, 0.5) is 0 Å². The first-order valence-electron chi connectivity index (χ1n) is 5.27. The van der Waals surface area contributed by atoms with E-state index in [1.807, 2.05) is 0 Å². The van der Waals surface area contributed by atoms with E-state index < -0.39 is 24.1 Å². The molecule has 1 aliphatic heterocycles. The second-order valence-electron chi connectivity index (χ2n) is 3.09. The van der Waals surface area contributed by atoms with Crippen LogP contribution in [0.25, 0.3) is 0 Å². The highest BCUT2D eigenvalue weighted by Crippen LogP contribution is 2.18. The molecule has 0 spiro atoms. The molecule has 0 aromatic rings. The molecule has 0 amide bonds. The molecule has 1 rings (SSSR count). The zero-order chi connectivity index (χ0) is 12.0. The van der Waals surface area contributed by atoms with Gasteiger partial charge in [0.25, 0.3) is 0 Å². The zero-order valence-electron chi connectivity index (χ0n) is 9.43. The van der Waals surface area contributed by atoms with Gasteiger partial charge in [-0.15, -0.1) is 0 Å². The second kappa shape index (κ2) is 6.44. The van der Waals surface area contributed by atoms with Gasteiger partial charge in [0, 0.05) is 0 Å². The third-order valence-corrected chi connectivity index (χ3v) is 2.00. The summed E-state index contributed by atoms with van der Waals surface area (Å²) in [5, 5.41) is 0. The molecule has 6 nitrogen and oxygen atoms in total. The van der Waals surface area contributed by atoms with Gasteiger partial charge in [-0.25, -0.2) is 0 Å². The lowest BCUT2D eigenvalue weighted by atomic mass is 10.1. The zero-order valence-corrected chi connectivity index (χ0v) is 9.43. The van der Waals surface area contributed by atoms with Gasteiger partial charge in [-0.2, -0.15) is 0 Å². The monoisotopic (exact) mass is 232 g/mol. The van der Waals surface area contributed by atoms with Gasteiger partial charge in [0.05, 0.1) is 26.4 Å². The summed E-state index contributed by atoms with van der Waals surface area (Å²) in [6, 6.07) is 0. The molecule has 0 atom stereocenters. The lowest BCUT2D eigenvalue weighted by Crippen LogP contribution is -2.38. The van der Waals surface area contributed by atoms with Crippen molar-refractivity contribution < 1.29 is 28.5 Å². The first-order valence-corrected chi connectivity index (χ1v) is 5.27. The smallest absolute Gasteiger partial charge is 0.325 e. The normalized spacial score (nSPS) is 16.4. The maximum absolute atomic E-state index is 11.6. The topological polar surface area (TPSA) is 71.1 Å². The van der Waals surface area contributed by atoms with Crippen molar-refractivity contribution in [1.29, 1.82) is 0 Å². The number of hydrogen-bond acceptors (Lipinski definition) is 6. The Balaban J connectivity index is 2.67. The van der Waals surface area contributed by atoms with E-state index in [2.05, 4.69) is 0 Å². The summed E-state index contributed by atoms with van der Waals surface area (Å²) in [5.41, 5.74) is 0. The highest BCUT2D eigenvalue weighted by Gasteiger charge is 2.41. The molecule has 1 saturated heterocycles. The van der Waals surface area contributed by atoms with E-state index in [0.717, 1.165) is 0 Å². The fourth-order valence-electron chi connectivity index (χ4n) is 1.35. The van der Waals surface area contributed by atoms with Gasteiger partial charge in [0.2, 0.25) is 5.92 Å². The van der Waals surface area contributed by atoms with Crippen LogP contribution in [0.15, 0.2) is 0 Å². The molecule has 92 valence electrons. The number of carbonyl (C=O) groups excluding carboxylic acids is 2. The van der Waals surface area contributed by atoms with Crippen molar-refractivity contribution in [3.63, 3.8) is 0 Å². The van der Waals surface area contributed by atoms with E-state index in [4.69, 9.17) is 18.9 Å². The van der Waals surface area contributed by atoms with Crippen LogP contribution in [0.3, 0.4) is 0 Å². The summed E-state index contributed by atoms with van der Waals surface area (Å²) in [6.45, 7) is 4.44. The molecule has 0 radical (unpaired) electrons. The molecule has 0 bridgehead atoms. The van der Waals surface area contributed by atoms with Crippen LogP contribution in [0.1, 0.15) is 13.8 Å². The molecule has 6 heteroatoms. The van der Waals surface area contributed by atoms with Crippen LogP contribution in [-0.4, -0.2) is 44.7 Å². The van der Waals surface area contributed by atoms with E-state index in [-0.39, 0.29) is 13.2 Å². The Morgan fingerprint density at radius 3 is 1.94 bits per heavy atom. The average Bonchev–Trinajstić information content (AvgIpc) is 2.72. The summed E-state index contributed by atoms with van der Waals surface area (Å²) in [5.74, 6) is -2.50. The predicted molar refractivity (Wildman–Crippen MR) is 52.4 cm³/mol. The van der Waals surface area contributed by atoms with Crippen LogP contribution < -0.4 is 0 Å². The molecule has 1 aliphatic rings. The van der Waals surface area contributed by atoms with Crippen LogP contribution >= 0.6 is 0 Å². The molecule has 0 saturated carbocycles. The Morgan fingerprint density at radius 1 is 1.12 bits per heavy atom. The van der Waals surface area contributed by atoms with Crippen LogP contribution in [0.2, 0.25) is 0 Å². The minimum atomic E-state index is -1.15. The molecule has 0 aromatic carbocycles. The van der Waals surface area contributed by atoms with E-state index in [0.29, 0.717) is 13.2 Å². The van der Waals surface area contributed by atoms with Gasteiger partial charge in [-0.05, 0) is 13.8 Å². The Labute approximate surface area is 93.8 Å². The SMILES string of the molecule is CCOC(=O)C(C(=O)OCC)C1OCCO1. The fourth-order valence-corrected chi connectivity index (χ4v) is 1.35. The van der Waals surface area contributed by atoms with Crippen molar-refractivity contribution >= 4 is 11.9 Å². The predicted octanol–water partition coefficient (Wildman–Crippen LogP) is 0.102. The standard InChI is InChI=1S/C10H16O6/c1-3-13-8(11)7(9(12)14-4-2)10-15-5-6-16-10/h7,10H,3-6H2,1-2H3. The maximum Gasteiger partial charge on any atom is 0.325 e. The summed E-state index contributed by atoms with van der Waals surface area (Å²) < 4.78 is 19.8. The van der Waals surface area contributed by atoms with E-state index >= 15 is 0 Å². The Hall–Kier alpha value is -1.14. The van der Waals surface area contributed by atoms with Crippen molar-refractivity contribution in [2.45, 2.75) is 20.1 Å². The minimum Gasteiger partial charge on any atom is -0.465 e. The van der Waals surface area contributed by atoms with Crippen LogP contribution in [-0.2, 0) is 28.5 Å². The molecule has 1 heterocycles. The van der Waals surface area contributed by atoms with E-state index in [1.54, 1.807) is 13.8 Å². The second-order valence-corrected chi connectivity index (χ2v) is 3.09. The molecule has 0 unspecified atom stereocenters. The minimum absolute atomic E-state index is 0.196. The van der Waals surface area contributed by atoms with Gasteiger partial charge in [-0.1, -0.05) is 0 Å². The van der Waals surface area contributed by atoms with Crippen molar-refractivity contribution in [3.05, 3.63) is 0 Å². The first kappa shape index (κ1) is 12.9. The highest BCUT2D eigenvalue weighted by atomic mass is 16.7. The average molecular weight is 232 g/mol.